The van der Waals surface area contributed by atoms with Crippen LogP contribution < -0.4 is 0 Å². The highest BCUT2D eigenvalue weighted by atomic mass is 16.6. The maximum atomic E-state index is 12.5. The highest BCUT2D eigenvalue weighted by Crippen LogP contribution is 2.31. The minimum atomic E-state index is -0.945. The van der Waals surface area contributed by atoms with Crippen molar-refractivity contribution >= 4 is 5.97 Å². The van der Waals surface area contributed by atoms with E-state index in [1.165, 1.54) is 6.42 Å². The van der Waals surface area contributed by atoms with Crippen molar-refractivity contribution in [2.75, 3.05) is 0 Å². The molecule has 0 heterocycles. The van der Waals surface area contributed by atoms with E-state index in [9.17, 15) is 4.79 Å². The van der Waals surface area contributed by atoms with Crippen molar-refractivity contribution in [3.63, 3.8) is 0 Å². The lowest BCUT2D eigenvalue weighted by Gasteiger charge is -2.32. The summed E-state index contributed by atoms with van der Waals surface area (Å²) in [6.07, 6.45) is 9.12. The van der Waals surface area contributed by atoms with E-state index in [2.05, 4.69) is 32.9 Å². The van der Waals surface area contributed by atoms with Crippen LogP contribution in [-0.2, 0) is 14.3 Å². The van der Waals surface area contributed by atoms with Crippen LogP contribution >= 0.6 is 0 Å². The fourth-order valence-corrected chi connectivity index (χ4v) is 2.94. The molecule has 0 fully saturated rings. The molecule has 1 aliphatic rings. The topological polar surface area (TPSA) is 35.5 Å². The van der Waals surface area contributed by atoms with Gasteiger partial charge in [-0.25, -0.2) is 4.79 Å². The van der Waals surface area contributed by atoms with Gasteiger partial charge < -0.3 is 9.47 Å². The zero-order chi connectivity index (χ0) is 22.5. The Balaban J connectivity index is -0.00000127. The van der Waals surface area contributed by atoms with Crippen LogP contribution in [0.15, 0.2) is 24.0 Å². The third-order valence-corrected chi connectivity index (χ3v) is 4.52. The van der Waals surface area contributed by atoms with Crippen molar-refractivity contribution in [2.45, 2.75) is 121 Å². The average molecular weight is 413 g/mol. The van der Waals surface area contributed by atoms with E-state index in [1.807, 2.05) is 68.4 Å². The average Bonchev–Trinajstić information content (AvgIpc) is 2.63. The van der Waals surface area contributed by atoms with Crippen molar-refractivity contribution in [3.05, 3.63) is 24.0 Å². The second-order valence-corrected chi connectivity index (χ2v) is 8.66. The number of allylic oxidation sites excluding steroid dienone is 3. The van der Waals surface area contributed by atoms with Crippen LogP contribution in [0.3, 0.4) is 0 Å². The molecule has 0 radical (unpaired) electrons. The summed E-state index contributed by atoms with van der Waals surface area (Å²) in [7, 11) is 0. The van der Waals surface area contributed by atoms with Gasteiger partial charge in [-0.15, -0.1) is 0 Å². The quantitative estimate of drug-likeness (QED) is 0.394. The summed E-state index contributed by atoms with van der Waals surface area (Å²) in [5.74, 6) is 2.39. The zero-order valence-electron chi connectivity index (χ0n) is 20.8. The molecule has 0 aromatic heterocycles. The van der Waals surface area contributed by atoms with Crippen LogP contribution in [0.25, 0.3) is 0 Å². The van der Waals surface area contributed by atoms with Crippen LogP contribution in [-0.4, -0.2) is 17.2 Å². The first-order chi connectivity index (χ1) is 13.0. The SMILES string of the molecule is C.CC.CC.CCC(C)(OC1=CCC(C(C)CC(C)C)C=C1)C(=O)OC(C)(C)C. The summed E-state index contributed by atoms with van der Waals surface area (Å²) in [5, 5.41) is 0. The maximum absolute atomic E-state index is 12.5. The number of esters is 1. The Kier molecular flexibility index (Phi) is 17.4. The van der Waals surface area contributed by atoms with Gasteiger partial charge in [0.05, 0.1) is 0 Å². The van der Waals surface area contributed by atoms with Gasteiger partial charge in [0.15, 0.2) is 0 Å². The van der Waals surface area contributed by atoms with Crippen LogP contribution in [0.5, 0.6) is 0 Å². The minimum Gasteiger partial charge on any atom is -0.476 e. The molecule has 3 nitrogen and oxygen atoms in total. The molecule has 0 N–H and O–H groups in total. The van der Waals surface area contributed by atoms with Gasteiger partial charge in [0.2, 0.25) is 5.60 Å². The normalized spacial score (nSPS) is 18.5. The maximum Gasteiger partial charge on any atom is 0.350 e. The third-order valence-electron chi connectivity index (χ3n) is 4.52. The predicted molar refractivity (Wildman–Crippen MR) is 129 cm³/mol. The van der Waals surface area contributed by atoms with E-state index < -0.39 is 11.2 Å². The monoisotopic (exact) mass is 412 g/mol. The van der Waals surface area contributed by atoms with Gasteiger partial charge in [-0.2, -0.15) is 0 Å². The smallest absolute Gasteiger partial charge is 0.350 e. The summed E-state index contributed by atoms with van der Waals surface area (Å²) in [4.78, 5) is 12.5. The Labute approximate surface area is 183 Å². The van der Waals surface area contributed by atoms with E-state index in [0.717, 1.165) is 12.2 Å². The van der Waals surface area contributed by atoms with Gasteiger partial charge in [-0.1, -0.05) is 68.9 Å². The highest BCUT2D eigenvalue weighted by Gasteiger charge is 2.38. The molecule has 0 saturated heterocycles. The lowest BCUT2D eigenvalue weighted by molar-refractivity contribution is -0.177. The first-order valence-electron chi connectivity index (χ1n) is 11.3. The van der Waals surface area contributed by atoms with Crippen molar-refractivity contribution in [1.82, 2.24) is 0 Å². The van der Waals surface area contributed by atoms with Gasteiger partial charge in [-0.05, 0) is 76.9 Å². The van der Waals surface area contributed by atoms with Crippen molar-refractivity contribution in [3.8, 4) is 0 Å². The van der Waals surface area contributed by atoms with Gasteiger partial charge in [0.1, 0.15) is 11.4 Å². The molecule has 29 heavy (non-hydrogen) atoms. The number of carbonyl (C=O) groups is 1. The van der Waals surface area contributed by atoms with E-state index in [1.54, 1.807) is 0 Å². The number of rotatable bonds is 7. The zero-order valence-corrected chi connectivity index (χ0v) is 20.8. The summed E-state index contributed by atoms with van der Waals surface area (Å²) in [5.41, 5.74) is -1.45. The van der Waals surface area contributed by atoms with Gasteiger partial charge in [0, 0.05) is 0 Å². The lowest BCUT2D eigenvalue weighted by atomic mass is 9.83. The molecule has 0 bridgehead atoms. The van der Waals surface area contributed by atoms with Gasteiger partial charge in [-0.3, -0.25) is 0 Å². The Hall–Kier alpha value is -1.25. The van der Waals surface area contributed by atoms with Crippen molar-refractivity contribution in [2.24, 2.45) is 17.8 Å². The lowest BCUT2D eigenvalue weighted by Crippen LogP contribution is -2.42. The second kappa shape index (κ2) is 15.6. The minimum absolute atomic E-state index is 0. The Morgan fingerprint density at radius 2 is 1.62 bits per heavy atom. The molecule has 0 amide bonds. The number of hydrogen-bond acceptors (Lipinski definition) is 3. The van der Waals surface area contributed by atoms with Crippen LogP contribution in [0.1, 0.15) is 110 Å². The molecule has 3 unspecified atom stereocenters. The molecule has 0 aromatic rings. The largest absolute Gasteiger partial charge is 0.476 e. The Bertz CT molecular complexity index is 483. The fourth-order valence-electron chi connectivity index (χ4n) is 2.94. The summed E-state index contributed by atoms with van der Waals surface area (Å²) >= 11 is 0. The molecule has 0 aliphatic heterocycles. The molecule has 0 aromatic carbocycles. The van der Waals surface area contributed by atoms with Gasteiger partial charge >= 0.3 is 5.97 Å². The highest BCUT2D eigenvalue weighted by molar-refractivity contribution is 5.79. The standard InChI is InChI=1S/C21H36O3.2C2H6.CH4/c1-9-21(8,19(22)24-20(5,6)7)23-18-12-10-17(11-13-18)16(4)14-15(2)3;2*1-2;/h10,12-13,15-17H,9,11,14H2,1-8H3;2*1-2H3;1H4. The first kappa shape index (κ1) is 32.4. The number of hydrogen-bond donors (Lipinski definition) is 0. The molecule has 1 rings (SSSR count). The molecule has 3 heteroatoms. The summed E-state index contributed by atoms with van der Waals surface area (Å²) in [6, 6.07) is 0. The van der Waals surface area contributed by atoms with E-state index >= 15 is 0 Å². The van der Waals surface area contributed by atoms with Gasteiger partial charge in [0.25, 0.3) is 0 Å². The van der Waals surface area contributed by atoms with Crippen molar-refractivity contribution < 1.29 is 14.3 Å². The van der Waals surface area contributed by atoms with Crippen LogP contribution in [0.4, 0.5) is 0 Å². The molecular formula is C26H52O3. The molecule has 3 atom stereocenters. The summed E-state index contributed by atoms with van der Waals surface area (Å²) in [6.45, 7) is 24.2. The molecule has 174 valence electrons. The molecule has 0 saturated carbocycles. The van der Waals surface area contributed by atoms with E-state index in [4.69, 9.17) is 9.47 Å². The summed E-state index contributed by atoms with van der Waals surface area (Å²) < 4.78 is 11.6. The second-order valence-electron chi connectivity index (χ2n) is 8.66. The Morgan fingerprint density at radius 1 is 1.10 bits per heavy atom. The Morgan fingerprint density at radius 3 is 1.97 bits per heavy atom. The van der Waals surface area contributed by atoms with E-state index in [0.29, 0.717) is 24.2 Å². The third kappa shape index (κ3) is 12.8. The van der Waals surface area contributed by atoms with E-state index in [-0.39, 0.29) is 13.4 Å². The fraction of sp³-hybridized carbons (Fsp3) is 0.808. The molecule has 0 spiro atoms. The molecular weight excluding hydrogens is 360 g/mol. The first-order valence-corrected chi connectivity index (χ1v) is 11.3. The van der Waals surface area contributed by atoms with Crippen LogP contribution in [0, 0.1) is 17.8 Å². The molecule has 1 aliphatic carbocycles. The van der Waals surface area contributed by atoms with Crippen LogP contribution in [0.2, 0.25) is 0 Å². The predicted octanol–water partition coefficient (Wildman–Crippen LogP) is 8.34. The van der Waals surface area contributed by atoms with Crippen molar-refractivity contribution in [1.29, 1.82) is 0 Å². The number of ether oxygens (including phenoxy) is 2. The number of carbonyl (C=O) groups excluding carboxylic acids is 1.